The van der Waals surface area contributed by atoms with Crippen molar-refractivity contribution >= 4 is 22.7 Å². The van der Waals surface area contributed by atoms with E-state index in [1.165, 1.54) is 0 Å². The Bertz CT molecular complexity index is 852. The number of aromatic nitrogens is 1. The first kappa shape index (κ1) is 17.0. The smallest absolute Gasteiger partial charge is 0.256 e. The Morgan fingerprint density at radius 3 is 2.54 bits per heavy atom. The number of primary amides is 1. The first-order chi connectivity index (χ1) is 12.5. The molecule has 2 N–H and O–H groups in total. The number of carbonyl (C=O) groups is 2. The van der Waals surface area contributed by atoms with Gasteiger partial charge in [-0.1, -0.05) is 18.2 Å². The molecule has 2 aliphatic heterocycles. The van der Waals surface area contributed by atoms with Crippen LogP contribution in [0.2, 0.25) is 0 Å². The predicted octanol–water partition coefficient (Wildman–Crippen LogP) is 1.56. The maximum atomic E-state index is 12.9. The lowest BCUT2D eigenvalue weighted by Crippen LogP contribution is -2.62. The summed E-state index contributed by atoms with van der Waals surface area (Å²) in [4.78, 5) is 33.1. The number of carbonyl (C=O) groups excluding carboxylic acids is 2. The van der Waals surface area contributed by atoms with E-state index in [0.717, 1.165) is 55.6 Å². The number of hydrogen-bond donors (Lipinski definition) is 1. The standard InChI is InChI=1S/C20H24N4O2/c1-13-5-6-14-3-2-4-17(18(14)22-13)20(26)24-11-16(12-24)23-9-7-15(8-10-23)19(21)25/h2-6,15-16H,7-12H2,1H3,(H2,21,25). The van der Waals surface area contributed by atoms with E-state index in [-0.39, 0.29) is 17.7 Å². The molecule has 2 aliphatic rings. The first-order valence-electron chi connectivity index (χ1n) is 9.22. The van der Waals surface area contributed by atoms with E-state index in [2.05, 4.69) is 9.88 Å². The largest absolute Gasteiger partial charge is 0.369 e. The van der Waals surface area contributed by atoms with Gasteiger partial charge in [-0.3, -0.25) is 19.5 Å². The van der Waals surface area contributed by atoms with Gasteiger partial charge in [0.1, 0.15) is 0 Å². The highest BCUT2D eigenvalue weighted by atomic mass is 16.2. The number of piperidine rings is 1. The SMILES string of the molecule is Cc1ccc2cccc(C(=O)N3CC(N4CCC(C(N)=O)CC4)C3)c2n1. The van der Waals surface area contributed by atoms with Crippen molar-refractivity contribution in [1.29, 1.82) is 0 Å². The second kappa shape index (κ2) is 6.68. The highest BCUT2D eigenvalue weighted by Crippen LogP contribution is 2.26. The average molecular weight is 352 g/mol. The number of likely N-dealkylation sites (tertiary alicyclic amines) is 2. The van der Waals surface area contributed by atoms with E-state index < -0.39 is 0 Å². The summed E-state index contributed by atoms with van der Waals surface area (Å²) in [5.41, 5.74) is 7.77. The summed E-state index contributed by atoms with van der Waals surface area (Å²) in [5, 5.41) is 0.993. The van der Waals surface area contributed by atoms with Crippen LogP contribution in [-0.4, -0.2) is 58.8 Å². The number of fused-ring (bicyclic) bond motifs is 1. The summed E-state index contributed by atoms with van der Waals surface area (Å²) in [6, 6.07) is 10.1. The maximum absolute atomic E-state index is 12.9. The minimum Gasteiger partial charge on any atom is -0.369 e. The van der Waals surface area contributed by atoms with E-state index in [9.17, 15) is 9.59 Å². The summed E-state index contributed by atoms with van der Waals surface area (Å²) < 4.78 is 0. The third-order valence-corrected chi connectivity index (χ3v) is 5.69. The number of nitrogens with zero attached hydrogens (tertiary/aromatic N) is 3. The number of hydrogen-bond acceptors (Lipinski definition) is 4. The molecule has 0 spiro atoms. The van der Waals surface area contributed by atoms with E-state index in [0.29, 0.717) is 11.6 Å². The Hall–Kier alpha value is -2.47. The van der Waals surface area contributed by atoms with Gasteiger partial charge in [0.2, 0.25) is 5.91 Å². The third kappa shape index (κ3) is 3.05. The molecule has 0 bridgehead atoms. The van der Waals surface area contributed by atoms with Crippen molar-refractivity contribution in [3.05, 3.63) is 41.6 Å². The van der Waals surface area contributed by atoms with Crippen LogP contribution in [0.4, 0.5) is 0 Å². The third-order valence-electron chi connectivity index (χ3n) is 5.69. The Morgan fingerprint density at radius 1 is 1.12 bits per heavy atom. The minimum absolute atomic E-state index is 0.00839. The van der Waals surface area contributed by atoms with E-state index >= 15 is 0 Å². The lowest BCUT2D eigenvalue weighted by Gasteiger charge is -2.47. The maximum Gasteiger partial charge on any atom is 0.256 e. The number of aryl methyl sites for hydroxylation is 1. The lowest BCUT2D eigenvalue weighted by molar-refractivity contribution is -0.123. The van der Waals surface area contributed by atoms with Crippen molar-refractivity contribution in [2.24, 2.45) is 11.7 Å². The molecule has 0 unspecified atom stereocenters. The molecule has 1 aromatic heterocycles. The molecular weight excluding hydrogens is 328 g/mol. The van der Waals surface area contributed by atoms with Gasteiger partial charge in [0.05, 0.1) is 11.1 Å². The molecule has 6 heteroatoms. The predicted molar refractivity (Wildman–Crippen MR) is 99.7 cm³/mol. The fourth-order valence-electron chi connectivity index (χ4n) is 3.99. The molecular formula is C20H24N4O2. The summed E-state index contributed by atoms with van der Waals surface area (Å²) in [5.74, 6) is -0.125. The van der Waals surface area contributed by atoms with Gasteiger partial charge in [0.25, 0.3) is 5.91 Å². The summed E-state index contributed by atoms with van der Waals surface area (Å²) in [7, 11) is 0. The zero-order valence-electron chi connectivity index (χ0n) is 15.0. The average Bonchev–Trinajstić information content (AvgIpc) is 2.60. The monoisotopic (exact) mass is 352 g/mol. The molecule has 2 saturated heterocycles. The van der Waals surface area contributed by atoms with Gasteiger partial charge >= 0.3 is 0 Å². The van der Waals surface area contributed by atoms with Crippen molar-refractivity contribution in [2.45, 2.75) is 25.8 Å². The van der Waals surface area contributed by atoms with Crippen LogP contribution in [0.15, 0.2) is 30.3 Å². The van der Waals surface area contributed by atoms with Crippen LogP contribution in [-0.2, 0) is 4.79 Å². The first-order valence-corrected chi connectivity index (χ1v) is 9.22. The van der Waals surface area contributed by atoms with Crippen LogP contribution in [0.1, 0.15) is 28.9 Å². The second-order valence-electron chi connectivity index (χ2n) is 7.41. The lowest BCUT2D eigenvalue weighted by atomic mass is 9.93. The molecule has 136 valence electrons. The van der Waals surface area contributed by atoms with Crippen molar-refractivity contribution in [1.82, 2.24) is 14.8 Å². The molecule has 0 saturated carbocycles. The van der Waals surface area contributed by atoms with E-state index in [1.807, 2.05) is 42.2 Å². The van der Waals surface area contributed by atoms with Gasteiger partial charge in [-0.25, -0.2) is 0 Å². The van der Waals surface area contributed by atoms with Crippen molar-refractivity contribution < 1.29 is 9.59 Å². The van der Waals surface area contributed by atoms with Crippen LogP contribution in [0.25, 0.3) is 10.9 Å². The van der Waals surface area contributed by atoms with Gasteiger partial charge in [0.15, 0.2) is 0 Å². The van der Waals surface area contributed by atoms with Crippen LogP contribution < -0.4 is 5.73 Å². The molecule has 6 nitrogen and oxygen atoms in total. The molecule has 2 fully saturated rings. The fourth-order valence-corrected chi connectivity index (χ4v) is 3.99. The molecule has 0 atom stereocenters. The molecule has 1 aromatic carbocycles. The Balaban J connectivity index is 1.41. The summed E-state index contributed by atoms with van der Waals surface area (Å²) >= 11 is 0. The molecule has 0 aliphatic carbocycles. The summed E-state index contributed by atoms with van der Waals surface area (Å²) in [6.07, 6.45) is 1.65. The van der Waals surface area contributed by atoms with Crippen molar-refractivity contribution in [3.8, 4) is 0 Å². The quantitative estimate of drug-likeness (QED) is 0.909. The van der Waals surface area contributed by atoms with Crippen molar-refractivity contribution in [2.75, 3.05) is 26.2 Å². The van der Waals surface area contributed by atoms with Crippen molar-refractivity contribution in [3.63, 3.8) is 0 Å². The Labute approximate surface area is 153 Å². The molecule has 0 radical (unpaired) electrons. The zero-order valence-corrected chi connectivity index (χ0v) is 15.0. The van der Waals surface area contributed by atoms with Crippen LogP contribution in [0.3, 0.4) is 0 Å². The van der Waals surface area contributed by atoms with Crippen LogP contribution in [0, 0.1) is 12.8 Å². The number of nitrogens with two attached hydrogens (primary N) is 1. The number of para-hydroxylation sites is 1. The van der Waals surface area contributed by atoms with E-state index in [4.69, 9.17) is 5.73 Å². The van der Waals surface area contributed by atoms with E-state index in [1.54, 1.807) is 0 Å². The zero-order chi connectivity index (χ0) is 18.3. The van der Waals surface area contributed by atoms with Gasteiger partial charge < -0.3 is 10.6 Å². The number of amides is 2. The van der Waals surface area contributed by atoms with Gasteiger partial charge in [0, 0.05) is 36.1 Å². The molecule has 2 amide bonds. The van der Waals surface area contributed by atoms with Gasteiger partial charge in [-0.15, -0.1) is 0 Å². The van der Waals surface area contributed by atoms with Crippen LogP contribution >= 0.6 is 0 Å². The number of rotatable bonds is 3. The van der Waals surface area contributed by atoms with Gasteiger partial charge in [-0.2, -0.15) is 0 Å². The second-order valence-corrected chi connectivity index (χ2v) is 7.41. The molecule has 4 rings (SSSR count). The minimum atomic E-state index is -0.186. The number of pyridine rings is 1. The molecule has 3 heterocycles. The molecule has 26 heavy (non-hydrogen) atoms. The topological polar surface area (TPSA) is 79.5 Å². The fraction of sp³-hybridized carbons (Fsp3) is 0.450. The summed E-state index contributed by atoms with van der Waals surface area (Å²) in [6.45, 7) is 5.19. The Kier molecular flexibility index (Phi) is 4.36. The highest BCUT2D eigenvalue weighted by molar-refractivity contribution is 6.05. The normalized spacial score (nSPS) is 19.5. The number of benzene rings is 1. The van der Waals surface area contributed by atoms with Crippen LogP contribution in [0.5, 0.6) is 0 Å². The van der Waals surface area contributed by atoms with Gasteiger partial charge in [-0.05, 0) is 45.0 Å². The highest BCUT2D eigenvalue weighted by Gasteiger charge is 2.37. The molecule has 2 aromatic rings. The Morgan fingerprint density at radius 2 is 1.85 bits per heavy atom.